The summed E-state index contributed by atoms with van der Waals surface area (Å²) in [5, 5.41) is 3.40. The fourth-order valence-corrected chi connectivity index (χ4v) is 6.11. The van der Waals surface area contributed by atoms with Gasteiger partial charge >= 0.3 is 0 Å². The van der Waals surface area contributed by atoms with Gasteiger partial charge in [0.05, 0.1) is 17.1 Å². The van der Waals surface area contributed by atoms with Crippen LogP contribution in [0.5, 0.6) is 11.8 Å². The van der Waals surface area contributed by atoms with Crippen molar-refractivity contribution in [1.82, 2.24) is 14.9 Å². The van der Waals surface area contributed by atoms with E-state index in [1.807, 2.05) is 93.0 Å². The monoisotopic (exact) mass is 629 g/mol. The molecule has 1 fully saturated rings. The third-order valence-electron chi connectivity index (χ3n) is 8.93. The number of nitrogens with zero attached hydrogens (tertiary/aromatic N) is 3. The Morgan fingerprint density at radius 3 is 2.23 bits per heavy atom. The average Bonchev–Trinajstić information content (AvgIpc) is 3.08. The molecule has 0 aliphatic heterocycles. The van der Waals surface area contributed by atoms with Crippen molar-refractivity contribution in [2.24, 2.45) is 17.1 Å². The van der Waals surface area contributed by atoms with E-state index in [4.69, 9.17) is 20.2 Å². The van der Waals surface area contributed by atoms with Crippen molar-refractivity contribution < 1.29 is 9.47 Å². The molecule has 0 spiro atoms. The van der Waals surface area contributed by atoms with Gasteiger partial charge in [0.1, 0.15) is 18.9 Å². The SMILES string of the molecule is C=C/C(Nc1ccc(OCc2ccccc2)nc1OCc1ccccc1)=C(/N)C(=C)N(C)CCC1(C)CC(Cc2ccc(C)nc2)C1. The van der Waals surface area contributed by atoms with Crippen LogP contribution >= 0.6 is 0 Å². The number of nitrogens with one attached hydrogen (secondary N) is 1. The number of aryl methyl sites for hydroxylation is 1. The maximum absolute atomic E-state index is 6.70. The maximum Gasteiger partial charge on any atom is 0.241 e. The minimum Gasteiger partial charge on any atom is -0.473 e. The van der Waals surface area contributed by atoms with Crippen LogP contribution in [-0.2, 0) is 19.6 Å². The van der Waals surface area contributed by atoms with Crippen LogP contribution < -0.4 is 20.5 Å². The lowest BCUT2D eigenvalue weighted by molar-refractivity contribution is 0.0584. The third-order valence-corrected chi connectivity index (χ3v) is 8.93. The first-order valence-electron chi connectivity index (χ1n) is 16.3. The molecule has 1 aliphatic rings. The van der Waals surface area contributed by atoms with E-state index in [1.54, 1.807) is 6.08 Å². The number of benzene rings is 2. The van der Waals surface area contributed by atoms with Crippen LogP contribution in [0.25, 0.3) is 0 Å². The molecule has 2 aromatic carbocycles. The Kier molecular flexibility index (Phi) is 11.0. The summed E-state index contributed by atoms with van der Waals surface area (Å²) in [6.07, 6.45) is 8.33. The molecule has 0 atom stereocenters. The highest BCUT2D eigenvalue weighted by Crippen LogP contribution is 2.49. The number of aromatic nitrogens is 2. The Labute approximate surface area is 279 Å². The van der Waals surface area contributed by atoms with Crippen molar-refractivity contribution >= 4 is 5.69 Å². The lowest BCUT2D eigenvalue weighted by Crippen LogP contribution is -2.38. The van der Waals surface area contributed by atoms with Crippen molar-refractivity contribution in [2.45, 2.75) is 52.7 Å². The molecule has 7 nitrogen and oxygen atoms in total. The fraction of sp³-hybridized carbons (Fsp3) is 0.300. The van der Waals surface area contributed by atoms with Crippen molar-refractivity contribution in [2.75, 3.05) is 18.9 Å². The van der Waals surface area contributed by atoms with Gasteiger partial charge in [-0.05, 0) is 78.8 Å². The molecular formula is C40H47N5O2. The predicted octanol–water partition coefficient (Wildman–Crippen LogP) is 8.21. The number of pyridine rings is 2. The van der Waals surface area contributed by atoms with E-state index in [1.165, 1.54) is 18.4 Å². The molecule has 0 saturated heterocycles. The van der Waals surface area contributed by atoms with Gasteiger partial charge in [0.25, 0.3) is 0 Å². The number of allylic oxidation sites excluding steroid dienone is 1. The van der Waals surface area contributed by atoms with Gasteiger partial charge in [-0.1, -0.05) is 86.8 Å². The van der Waals surface area contributed by atoms with E-state index in [-0.39, 0.29) is 0 Å². The maximum atomic E-state index is 6.70. The second kappa shape index (κ2) is 15.5. The summed E-state index contributed by atoms with van der Waals surface area (Å²) in [7, 11) is 2.04. The van der Waals surface area contributed by atoms with E-state index < -0.39 is 0 Å². The zero-order valence-electron chi connectivity index (χ0n) is 27.9. The molecule has 4 aromatic rings. The quantitative estimate of drug-likeness (QED) is 0.121. The Bertz CT molecular complexity index is 1660. The summed E-state index contributed by atoms with van der Waals surface area (Å²) in [5.74, 6) is 1.58. The number of ether oxygens (including phenoxy) is 2. The van der Waals surface area contributed by atoms with Crippen LogP contribution in [0.15, 0.2) is 127 Å². The van der Waals surface area contributed by atoms with Crippen molar-refractivity contribution in [3.8, 4) is 11.8 Å². The molecule has 5 rings (SSSR count). The lowest BCUT2D eigenvalue weighted by Gasteiger charge is -2.46. The van der Waals surface area contributed by atoms with Crippen LogP contribution in [-0.4, -0.2) is 28.5 Å². The number of hydrogen-bond acceptors (Lipinski definition) is 7. The van der Waals surface area contributed by atoms with Gasteiger partial charge in [-0.2, -0.15) is 4.98 Å². The van der Waals surface area contributed by atoms with Crippen LogP contribution in [0.3, 0.4) is 0 Å². The molecule has 0 radical (unpaired) electrons. The highest BCUT2D eigenvalue weighted by molar-refractivity contribution is 5.60. The molecule has 3 N–H and O–H groups in total. The van der Waals surface area contributed by atoms with E-state index in [2.05, 4.69) is 47.4 Å². The van der Waals surface area contributed by atoms with Gasteiger partial charge in [-0.3, -0.25) is 4.98 Å². The van der Waals surface area contributed by atoms with Crippen LogP contribution in [0, 0.1) is 18.3 Å². The summed E-state index contributed by atoms with van der Waals surface area (Å²) in [4.78, 5) is 11.3. The van der Waals surface area contributed by atoms with E-state index in [0.29, 0.717) is 53.4 Å². The summed E-state index contributed by atoms with van der Waals surface area (Å²) in [6, 6.07) is 28.0. The zero-order chi connectivity index (χ0) is 33.2. The van der Waals surface area contributed by atoms with Gasteiger partial charge in [-0.15, -0.1) is 0 Å². The first-order valence-corrected chi connectivity index (χ1v) is 16.3. The standard InChI is InChI=1S/C40H47N5O2/c1-6-35(38(41)30(3)45(5)22-21-40(4)24-34(25-40)23-33-18-17-29(2)42-26-33)43-36-19-20-37(46-27-31-13-9-7-10-14-31)44-39(36)47-28-32-15-11-8-12-16-32/h6-20,26,34,43H,1,3,21-25,27-28,41H2,2,4-5H3/b38-35-. The first kappa shape index (κ1) is 33.3. The van der Waals surface area contributed by atoms with Crippen LogP contribution in [0.1, 0.15) is 48.6 Å². The second-order valence-corrected chi connectivity index (χ2v) is 12.9. The van der Waals surface area contributed by atoms with Gasteiger partial charge in [0.15, 0.2) is 0 Å². The van der Waals surface area contributed by atoms with Crippen LogP contribution in [0.2, 0.25) is 0 Å². The first-order chi connectivity index (χ1) is 22.7. The van der Waals surface area contributed by atoms with Gasteiger partial charge < -0.3 is 25.4 Å². The molecule has 1 saturated carbocycles. The van der Waals surface area contributed by atoms with Crippen molar-refractivity contribution in [3.05, 3.63) is 150 Å². The third kappa shape index (κ3) is 9.26. The Balaban J connectivity index is 1.22. The highest BCUT2D eigenvalue weighted by Gasteiger charge is 2.39. The molecule has 2 heterocycles. The summed E-state index contributed by atoms with van der Waals surface area (Å²) in [5.41, 5.74) is 14.0. The lowest BCUT2D eigenvalue weighted by atomic mass is 9.60. The largest absolute Gasteiger partial charge is 0.473 e. The Morgan fingerprint density at radius 1 is 0.957 bits per heavy atom. The number of anilines is 1. The zero-order valence-corrected chi connectivity index (χ0v) is 27.9. The molecular weight excluding hydrogens is 582 g/mol. The molecule has 0 bridgehead atoms. The number of hydrogen-bond donors (Lipinski definition) is 2. The minimum atomic E-state index is 0.316. The van der Waals surface area contributed by atoms with Crippen LogP contribution in [0.4, 0.5) is 5.69 Å². The second-order valence-electron chi connectivity index (χ2n) is 12.9. The Morgan fingerprint density at radius 2 is 1.62 bits per heavy atom. The van der Waals surface area contributed by atoms with E-state index in [0.717, 1.165) is 41.9 Å². The molecule has 244 valence electrons. The molecule has 2 aromatic heterocycles. The van der Waals surface area contributed by atoms with E-state index in [9.17, 15) is 0 Å². The number of nitrogens with two attached hydrogens (primary N) is 1. The average molecular weight is 630 g/mol. The molecule has 7 heteroatoms. The molecule has 47 heavy (non-hydrogen) atoms. The van der Waals surface area contributed by atoms with Crippen molar-refractivity contribution in [3.63, 3.8) is 0 Å². The summed E-state index contributed by atoms with van der Waals surface area (Å²) >= 11 is 0. The molecule has 0 amide bonds. The Hall–Kier alpha value is -5.04. The molecule has 0 unspecified atom stereocenters. The predicted molar refractivity (Wildman–Crippen MR) is 191 cm³/mol. The van der Waals surface area contributed by atoms with Gasteiger partial charge in [0.2, 0.25) is 11.8 Å². The molecule has 1 aliphatic carbocycles. The minimum absolute atomic E-state index is 0.316. The topological polar surface area (TPSA) is 85.5 Å². The highest BCUT2D eigenvalue weighted by atomic mass is 16.5. The smallest absolute Gasteiger partial charge is 0.241 e. The van der Waals surface area contributed by atoms with Gasteiger partial charge in [-0.25, -0.2) is 0 Å². The van der Waals surface area contributed by atoms with E-state index >= 15 is 0 Å². The summed E-state index contributed by atoms with van der Waals surface area (Å²) < 4.78 is 12.2. The van der Waals surface area contributed by atoms with Crippen molar-refractivity contribution in [1.29, 1.82) is 0 Å². The fourth-order valence-electron chi connectivity index (χ4n) is 6.11. The normalized spacial score (nSPS) is 17.6. The summed E-state index contributed by atoms with van der Waals surface area (Å²) in [6.45, 7) is 14.4. The number of likely N-dealkylation sites (N-methyl/N-ethyl adjacent to an activating group) is 1. The number of rotatable bonds is 16. The van der Waals surface area contributed by atoms with Gasteiger partial charge in [0, 0.05) is 31.5 Å².